The van der Waals surface area contributed by atoms with Gasteiger partial charge in [-0.25, -0.2) is 0 Å². The van der Waals surface area contributed by atoms with Crippen LogP contribution >= 0.6 is 0 Å². The lowest BCUT2D eigenvalue weighted by Gasteiger charge is -2.43. The lowest BCUT2D eigenvalue weighted by molar-refractivity contribution is -0.0848. The van der Waals surface area contributed by atoms with Gasteiger partial charge in [-0.15, -0.1) is 0 Å². The second kappa shape index (κ2) is 6.17. The first kappa shape index (κ1) is 13.3. The average Bonchev–Trinajstić information content (AvgIpc) is 2.22. The normalized spacial score (nSPS) is 41.8. The topological polar surface area (TPSA) is 38.5 Å². The van der Waals surface area contributed by atoms with Crippen molar-refractivity contribution in [2.24, 2.45) is 5.73 Å². The number of hydrogen-bond acceptors (Lipinski definition) is 3. The highest BCUT2D eigenvalue weighted by Crippen LogP contribution is 2.23. The van der Waals surface area contributed by atoms with Crippen molar-refractivity contribution in [2.45, 2.75) is 76.7 Å². The van der Waals surface area contributed by atoms with Crippen LogP contribution in [-0.4, -0.2) is 42.3 Å². The maximum atomic E-state index is 6.39. The molecule has 0 spiro atoms. The minimum absolute atomic E-state index is 0.358. The molecule has 0 aromatic heterocycles. The molecule has 2 rings (SSSR count). The van der Waals surface area contributed by atoms with Crippen LogP contribution < -0.4 is 5.73 Å². The van der Waals surface area contributed by atoms with Crippen molar-refractivity contribution in [1.82, 2.24) is 4.90 Å². The van der Waals surface area contributed by atoms with Crippen LogP contribution in [0.5, 0.6) is 0 Å². The summed E-state index contributed by atoms with van der Waals surface area (Å²) in [7, 11) is 0. The van der Waals surface area contributed by atoms with E-state index in [4.69, 9.17) is 10.5 Å². The van der Waals surface area contributed by atoms with Crippen molar-refractivity contribution in [2.75, 3.05) is 13.1 Å². The first-order valence-corrected chi connectivity index (χ1v) is 7.32. The van der Waals surface area contributed by atoms with E-state index in [-0.39, 0.29) is 0 Å². The Bertz CT molecular complexity index is 224. The number of rotatable bonds is 1. The van der Waals surface area contributed by atoms with Gasteiger partial charge in [-0.3, -0.25) is 4.90 Å². The zero-order chi connectivity index (χ0) is 12.3. The van der Waals surface area contributed by atoms with Crippen molar-refractivity contribution in [3.8, 4) is 0 Å². The van der Waals surface area contributed by atoms with E-state index in [1.807, 2.05) is 0 Å². The fourth-order valence-electron chi connectivity index (χ4n) is 3.44. The van der Waals surface area contributed by atoms with Gasteiger partial charge in [0, 0.05) is 25.2 Å². The molecule has 4 atom stereocenters. The molecule has 2 N–H and O–H groups in total. The Hall–Kier alpha value is -0.120. The molecule has 1 aliphatic heterocycles. The molecule has 2 fully saturated rings. The predicted octanol–water partition coefficient (Wildman–Crippen LogP) is 2.15. The first-order chi connectivity index (χ1) is 8.16. The van der Waals surface area contributed by atoms with E-state index in [0.29, 0.717) is 24.3 Å². The van der Waals surface area contributed by atoms with Gasteiger partial charge in [0.2, 0.25) is 0 Å². The Labute approximate surface area is 106 Å². The van der Waals surface area contributed by atoms with Crippen LogP contribution in [0.25, 0.3) is 0 Å². The SMILES string of the molecule is C[C@@H]1CN(C2CCCCCCC2N)C[C@H](C)O1. The summed E-state index contributed by atoms with van der Waals surface area (Å²) < 4.78 is 5.82. The molecule has 1 heterocycles. The van der Waals surface area contributed by atoms with Crippen LogP contribution in [0, 0.1) is 0 Å². The molecule has 3 heteroatoms. The molecule has 0 aromatic carbocycles. The minimum Gasteiger partial charge on any atom is -0.373 e. The van der Waals surface area contributed by atoms with Crippen molar-refractivity contribution >= 4 is 0 Å². The van der Waals surface area contributed by atoms with E-state index in [1.54, 1.807) is 0 Å². The van der Waals surface area contributed by atoms with Crippen molar-refractivity contribution in [3.05, 3.63) is 0 Å². The van der Waals surface area contributed by atoms with E-state index < -0.39 is 0 Å². The summed E-state index contributed by atoms with van der Waals surface area (Å²) in [4.78, 5) is 2.59. The molecule has 3 nitrogen and oxygen atoms in total. The maximum absolute atomic E-state index is 6.39. The molecule has 1 saturated heterocycles. The van der Waals surface area contributed by atoms with Gasteiger partial charge in [0.15, 0.2) is 0 Å². The Morgan fingerprint density at radius 3 is 2.18 bits per heavy atom. The smallest absolute Gasteiger partial charge is 0.0678 e. The third-order valence-corrected chi connectivity index (χ3v) is 4.20. The van der Waals surface area contributed by atoms with Gasteiger partial charge in [0.05, 0.1) is 12.2 Å². The summed E-state index contributed by atoms with van der Waals surface area (Å²) >= 11 is 0. The van der Waals surface area contributed by atoms with Gasteiger partial charge < -0.3 is 10.5 Å². The molecule has 0 bridgehead atoms. The fourth-order valence-corrected chi connectivity index (χ4v) is 3.44. The number of nitrogens with zero attached hydrogens (tertiary/aromatic N) is 1. The lowest BCUT2D eigenvalue weighted by Crippen LogP contribution is -2.55. The molecule has 100 valence electrons. The highest BCUT2D eigenvalue weighted by atomic mass is 16.5. The lowest BCUT2D eigenvalue weighted by atomic mass is 9.91. The molecule has 2 unspecified atom stereocenters. The van der Waals surface area contributed by atoms with E-state index in [2.05, 4.69) is 18.7 Å². The predicted molar refractivity (Wildman–Crippen MR) is 71.0 cm³/mol. The molecule has 1 saturated carbocycles. The molecule has 0 aromatic rings. The molecule has 0 amide bonds. The number of morpholine rings is 1. The van der Waals surface area contributed by atoms with Crippen molar-refractivity contribution in [3.63, 3.8) is 0 Å². The zero-order valence-corrected chi connectivity index (χ0v) is 11.4. The second-order valence-corrected chi connectivity index (χ2v) is 5.93. The summed E-state index contributed by atoms with van der Waals surface area (Å²) in [6.45, 7) is 6.47. The second-order valence-electron chi connectivity index (χ2n) is 5.93. The Morgan fingerprint density at radius 2 is 1.53 bits per heavy atom. The van der Waals surface area contributed by atoms with Gasteiger partial charge in [-0.05, 0) is 26.7 Å². The maximum Gasteiger partial charge on any atom is 0.0678 e. The average molecular weight is 240 g/mol. The van der Waals surface area contributed by atoms with Crippen LogP contribution in [0.4, 0.5) is 0 Å². The largest absolute Gasteiger partial charge is 0.373 e. The third kappa shape index (κ3) is 3.67. The Kier molecular flexibility index (Phi) is 4.83. The van der Waals surface area contributed by atoms with Crippen LogP contribution in [0.15, 0.2) is 0 Å². The number of hydrogen-bond donors (Lipinski definition) is 1. The summed E-state index contributed by atoms with van der Waals surface area (Å²) in [6, 6.07) is 0.955. The van der Waals surface area contributed by atoms with E-state index in [1.165, 1.54) is 38.5 Å². The quantitative estimate of drug-likeness (QED) is 0.763. The molecule has 17 heavy (non-hydrogen) atoms. The van der Waals surface area contributed by atoms with Crippen LogP contribution in [-0.2, 0) is 4.74 Å². The Balaban J connectivity index is 1.97. The minimum atomic E-state index is 0.358. The van der Waals surface area contributed by atoms with Gasteiger partial charge in [-0.2, -0.15) is 0 Å². The highest BCUT2D eigenvalue weighted by Gasteiger charge is 2.31. The third-order valence-electron chi connectivity index (χ3n) is 4.20. The summed E-state index contributed by atoms with van der Waals surface area (Å²) in [5.74, 6) is 0. The summed E-state index contributed by atoms with van der Waals surface area (Å²) in [5, 5.41) is 0. The summed E-state index contributed by atoms with van der Waals surface area (Å²) in [6.07, 6.45) is 8.61. The molecular weight excluding hydrogens is 212 g/mol. The zero-order valence-electron chi connectivity index (χ0n) is 11.4. The molecular formula is C14H28N2O. The van der Waals surface area contributed by atoms with Gasteiger partial charge >= 0.3 is 0 Å². The highest BCUT2D eigenvalue weighted by molar-refractivity contribution is 4.87. The van der Waals surface area contributed by atoms with Crippen LogP contribution in [0.2, 0.25) is 0 Å². The van der Waals surface area contributed by atoms with Crippen molar-refractivity contribution < 1.29 is 4.74 Å². The van der Waals surface area contributed by atoms with E-state index in [9.17, 15) is 0 Å². The van der Waals surface area contributed by atoms with Crippen LogP contribution in [0.1, 0.15) is 52.4 Å². The van der Waals surface area contributed by atoms with E-state index in [0.717, 1.165) is 13.1 Å². The molecule has 2 aliphatic rings. The summed E-state index contributed by atoms with van der Waals surface area (Å²) in [5.41, 5.74) is 6.39. The van der Waals surface area contributed by atoms with Crippen molar-refractivity contribution in [1.29, 1.82) is 0 Å². The van der Waals surface area contributed by atoms with Crippen LogP contribution in [0.3, 0.4) is 0 Å². The fraction of sp³-hybridized carbons (Fsp3) is 1.00. The number of ether oxygens (including phenoxy) is 1. The van der Waals surface area contributed by atoms with E-state index >= 15 is 0 Å². The Morgan fingerprint density at radius 1 is 0.941 bits per heavy atom. The van der Waals surface area contributed by atoms with Gasteiger partial charge in [0.25, 0.3) is 0 Å². The number of nitrogens with two attached hydrogens (primary N) is 1. The first-order valence-electron chi connectivity index (χ1n) is 7.32. The molecule has 1 aliphatic carbocycles. The van der Waals surface area contributed by atoms with Gasteiger partial charge in [-0.1, -0.05) is 25.7 Å². The molecule has 0 radical (unpaired) electrons. The standard InChI is InChI=1S/C14H28N2O/c1-11-9-16(10-12(2)17-11)14-8-6-4-3-5-7-13(14)15/h11-14H,3-10,15H2,1-2H3/t11-,12+,13?,14?. The van der Waals surface area contributed by atoms with Gasteiger partial charge in [0.1, 0.15) is 0 Å². The monoisotopic (exact) mass is 240 g/mol.